The molecule has 0 saturated carbocycles. The summed E-state index contributed by atoms with van der Waals surface area (Å²) in [7, 11) is 0. The summed E-state index contributed by atoms with van der Waals surface area (Å²) in [4.78, 5) is 5.78. The van der Waals surface area contributed by atoms with Gasteiger partial charge in [-0.3, -0.25) is 0 Å². The maximum absolute atomic E-state index is 9.27. The van der Waals surface area contributed by atoms with E-state index in [1.807, 2.05) is 12.1 Å². The highest BCUT2D eigenvalue weighted by Crippen LogP contribution is 2.33. The predicted octanol–water partition coefficient (Wildman–Crippen LogP) is 5.01. The van der Waals surface area contributed by atoms with Gasteiger partial charge in [0.25, 0.3) is 0 Å². The minimum absolute atomic E-state index is 0.276. The van der Waals surface area contributed by atoms with E-state index in [9.17, 15) is 5.11 Å². The Morgan fingerprint density at radius 1 is 1.06 bits per heavy atom. The molecule has 3 aromatic rings. The third kappa shape index (κ3) is 2.34. The number of nitrogens with zero attached hydrogens (tertiary/aromatic N) is 1. The van der Waals surface area contributed by atoms with Gasteiger partial charge in [-0.2, -0.15) is 0 Å². The van der Waals surface area contributed by atoms with Gasteiger partial charge >= 0.3 is 0 Å². The van der Waals surface area contributed by atoms with E-state index in [0.717, 1.165) is 25.6 Å². The van der Waals surface area contributed by atoms with Gasteiger partial charge in [-0.15, -0.1) is 22.7 Å². The van der Waals surface area contributed by atoms with Crippen LogP contribution in [0, 0.1) is 0 Å². The molecule has 2 nitrogen and oxygen atoms in total. The number of benzene rings is 1. The summed E-state index contributed by atoms with van der Waals surface area (Å²) in [5.41, 5.74) is 2.03. The van der Waals surface area contributed by atoms with Crippen LogP contribution in [0.4, 0.5) is 0 Å². The molecule has 0 atom stereocenters. The van der Waals surface area contributed by atoms with Crippen molar-refractivity contribution in [1.82, 2.24) is 4.98 Å². The van der Waals surface area contributed by atoms with Gasteiger partial charge < -0.3 is 5.11 Å². The number of hydrogen-bond donors (Lipinski definition) is 1. The molecule has 0 fully saturated rings. The second kappa shape index (κ2) is 4.84. The molecule has 1 aromatic carbocycles. The molecule has 0 unspecified atom stereocenters. The normalized spacial score (nSPS) is 10.7. The van der Waals surface area contributed by atoms with Gasteiger partial charge in [0.05, 0.1) is 10.6 Å². The van der Waals surface area contributed by atoms with Gasteiger partial charge in [0.15, 0.2) is 0 Å². The number of hydrogen-bond acceptors (Lipinski definition) is 4. The van der Waals surface area contributed by atoms with Crippen molar-refractivity contribution in [2.24, 2.45) is 0 Å². The van der Waals surface area contributed by atoms with E-state index in [0.29, 0.717) is 0 Å². The average Bonchev–Trinajstić information content (AvgIpc) is 2.98. The Balaban J connectivity index is 1.96. The van der Waals surface area contributed by atoms with Crippen LogP contribution in [0.25, 0.3) is 21.1 Å². The molecule has 0 aliphatic heterocycles. The molecule has 0 aliphatic carbocycles. The first-order valence-electron chi connectivity index (χ1n) is 5.22. The Labute approximate surface area is 121 Å². The van der Waals surface area contributed by atoms with Crippen LogP contribution in [-0.2, 0) is 0 Å². The second-order valence-corrected chi connectivity index (χ2v) is 6.40. The molecule has 2 aromatic heterocycles. The summed E-state index contributed by atoms with van der Waals surface area (Å²) in [5.74, 6) is 0.276. The van der Waals surface area contributed by atoms with Crippen molar-refractivity contribution in [1.29, 1.82) is 0 Å². The molecular formula is C13H8BrNOS2. The summed E-state index contributed by atoms with van der Waals surface area (Å²) < 4.78 is 1.08. The summed E-state index contributed by atoms with van der Waals surface area (Å²) in [6.45, 7) is 0. The zero-order valence-corrected chi connectivity index (χ0v) is 12.3. The molecule has 18 heavy (non-hydrogen) atoms. The molecular weight excluding hydrogens is 330 g/mol. The van der Waals surface area contributed by atoms with Gasteiger partial charge in [-0.25, -0.2) is 4.98 Å². The minimum atomic E-state index is 0.276. The highest BCUT2D eigenvalue weighted by Gasteiger charge is 2.08. The van der Waals surface area contributed by atoms with Gasteiger partial charge in [-0.1, -0.05) is 0 Å². The van der Waals surface area contributed by atoms with E-state index < -0.39 is 0 Å². The molecule has 2 heterocycles. The van der Waals surface area contributed by atoms with Crippen LogP contribution in [0.5, 0.6) is 5.75 Å². The third-order valence-electron chi connectivity index (χ3n) is 2.44. The van der Waals surface area contributed by atoms with Crippen LogP contribution in [-0.4, -0.2) is 10.1 Å². The molecule has 5 heteroatoms. The zero-order chi connectivity index (χ0) is 12.5. The van der Waals surface area contributed by atoms with E-state index in [1.165, 1.54) is 0 Å². The van der Waals surface area contributed by atoms with Crippen LogP contribution in [0.3, 0.4) is 0 Å². The SMILES string of the molecule is Oc1ccc(-c2nc(-c3cc(Br)cs3)cs2)cc1. The average molecular weight is 338 g/mol. The molecule has 0 spiro atoms. The number of halogens is 1. The largest absolute Gasteiger partial charge is 0.508 e. The van der Waals surface area contributed by atoms with Crippen molar-refractivity contribution in [3.8, 4) is 26.9 Å². The van der Waals surface area contributed by atoms with Crippen molar-refractivity contribution < 1.29 is 5.11 Å². The number of thiophene rings is 1. The molecule has 0 saturated heterocycles. The summed E-state index contributed by atoms with van der Waals surface area (Å²) in [6.07, 6.45) is 0. The first-order valence-corrected chi connectivity index (χ1v) is 7.77. The lowest BCUT2D eigenvalue weighted by molar-refractivity contribution is 0.475. The topological polar surface area (TPSA) is 33.1 Å². The maximum Gasteiger partial charge on any atom is 0.124 e. The van der Waals surface area contributed by atoms with Gasteiger partial charge in [0.1, 0.15) is 10.8 Å². The lowest BCUT2D eigenvalue weighted by atomic mass is 10.2. The van der Waals surface area contributed by atoms with E-state index >= 15 is 0 Å². The lowest BCUT2D eigenvalue weighted by Gasteiger charge is -1.95. The highest BCUT2D eigenvalue weighted by molar-refractivity contribution is 9.10. The van der Waals surface area contributed by atoms with Gasteiger partial charge in [0, 0.05) is 20.8 Å². The van der Waals surface area contributed by atoms with Crippen molar-refractivity contribution in [2.45, 2.75) is 0 Å². The maximum atomic E-state index is 9.27. The van der Waals surface area contributed by atoms with Crippen LogP contribution in [0.1, 0.15) is 0 Å². The molecule has 0 radical (unpaired) electrons. The van der Waals surface area contributed by atoms with Gasteiger partial charge in [-0.05, 0) is 46.3 Å². The molecule has 0 amide bonds. The Hall–Kier alpha value is -1.17. The van der Waals surface area contributed by atoms with Crippen molar-refractivity contribution in [2.75, 3.05) is 0 Å². The summed E-state index contributed by atoms with van der Waals surface area (Å²) in [6, 6.07) is 9.18. The van der Waals surface area contributed by atoms with Crippen LogP contribution in [0.15, 0.2) is 45.6 Å². The van der Waals surface area contributed by atoms with Crippen LogP contribution >= 0.6 is 38.6 Å². The Morgan fingerprint density at radius 2 is 1.83 bits per heavy atom. The van der Waals surface area contributed by atoms with E-state index in [1.54, 1.807) is 34.8 Å². The second-order valence-electron chi connectivity index (χ2n) is 3.71. The monoisotopic (exact) mass is 337 g/mol. The van der Waals surface area contributed by atoms with Crippen LogP contribution < -0.4 is 0 Å². The summed E-state index contributed by atoms with van der Waals surface area (Å²) >= 11 is 6.73. The fraction of sp³-hybridized carbons (Fsp3) is 0. The van der Waals surface area contributed by atoms with Gasteiger partial charge in [0.2, 0.25) is 0 Å². The first-order chi connectivity index (χ1) is 8.72. The molecule has 90 valence electrons. The van der Waals surface area contributed by atoms with E-state index in [4.69, 9.17) is 0 Å². The minimum Gasteiger partial charge on any atom is -0.508 e. The van der Waals surface area contributed by atoms with Crippen molar-refractivity contribution >= 4 is 38.6 Å². The summed E-state index contributed by atoms with van der Waals surface area (Å²) in [5, 5.41) is 14.3. The lowest BCUT2D eigenvalue weighted by Crippen LogP contribution is -1.76. The first kappa shape index (κ1) is 11.9. The molecule has 0 aliphatic rings. The standard InChI is InChI=1S/C13H8BrNOS2/c14-9-5-12(17-6-9)11-7-18-13(15-11)8-1-3-10(16)4-2-8/h1-7,16H. The van der Waals surface area contributed by atoms with Crippen LogP contribution in [0.2, 0.25) is 0 Å². The third-order valence-corrected chi connectivity index (χ3v) is 5.04. The Bertz CT molecular complexity index is 672. The molecule has 1 N–H and O–H groups in total. The highest BCUT2D eigenvalue weighted by atomic mass is 79.9. The fourth-order valence-corrected chi connectivity index (χ4v) is 3.86. The number of aromatic hydroxyl groups is 1. The van der Waals surface area contributed by atoms with E-state index in [2.05, 4.69) is 37.7 Å². The Morgan fingerprint density at radius 3 is 2.50 bits per heavy atom. The van der Waals surface area contributed by atoms with E-state index in [-0.39, 0.29) is 5.75 Å². The van der Waals surface area contributed by atoms with Crippen molar-refractivity contribution in [3.05, 3.63) is 45.6 Å². The number of aromatic nitrogens is 1. The van der Waals surface area contributed by atoms with Crippen molar-refractivity contribution in [3.63, 3.8) is 0 Å². The fourth-order valence-electron chi connectivity index (χ4n) is 1.57. The number of phenolic OH excluding ortho intramolecular Hbond substituents is 1. The number of rotatable bonds is 2. The Kier molecular flexibility index (Phi) is 3.20. The predicted molar refractivity (Wildman–Crippen MR) is 80.2 cm³/mol. The zero-order valence-electron chi connectivity index (χ0n) is 9.13. The number of thiazole rings is 1. The molecule has 0 bridgehead atoms. The number of phenols is 1. The smallest absolute Gasteiger partial charge is 0.124 e. The molecule has 3 rings (SSSR count). The quantitative estimate of drug-likeness (QED) is 0.713.